The van der Waals surface area contributed by atoms with E-state index < -0.39 is 29.0 Å². The van der Waals surface area contributed by atoms with Gasteiger partial charge in [0.05, 0.1) is 17.7 Å². The van der Waals surface area contributed by atoms with Crippen LogP contribution in [0.5, 0.6) is 0 Å². The van der Waals surface area contributed by atoms with Crippen LogP contribution in [-0.4, -0.2) is 39.2 Å². The Balaban J connectivity index is 1.61. The number of aromatic amines is 1. The minimum atomic E-state index is -0.765. The normalized spacial score (nSPS) is 12.7. The number of benzene rings is 2. The van der Waals surface area contributed by atoms with Crippen molar-refractivity contribution in [1.29, 1.82) is 0 Å². The zero-order valence-corrected chi connectivity index (χ0v) is 19.4. The number of nitrogens with two attached hydrogens (primary N) is 1. The summed E-state index contributed by atoms with van der Waals surface area (Å²) < 4.78 is 1.24. The summed E-state index contributed by atoms with van der Waals surface area (Å²) in [5.41, 5.74) is 6.08. The molecule has 0 radical (unpaired) electrons. The highest BCUT2D eigenvalue weighted by Gasteiger charge is 2.35. The van der Waals surface area contributed by atoms with Crippen molar-refractivity contribution in [3.05, 3.63) is 91.6 Å². The average molecular weight is 476 g/mol. The van der Waals surface area contributed by atoms with E-state index in [9.17, 15) is 24.0 Å². The van der Waals surface area contributed by atoms with Gasteiger partial charge in [0.1, 0.15) is 5.82 Å². The third kappa shape index (κ3) is 4.25. The molecule has 0 saturated heterocycles. The van der Waals surface area contributed by atoms with E-state index in [1.54, 1.807) is 48.5 Å². The number of hydrogen-bond donors (Lipinski definition) is 2. The van der Waals surface area contributed by atoms with E-state index in [1.165, 1.54) is 11.6 Å². The Kier molecular flexibility index (Phi) is 6.37. The zero-order valence-electron chi connectivity index (χ0n) is 19.4. The van der Waals surface area contributed by atoms with E-state index >= 15 is 0 Å². The lowest BCUT2D eigenvalue weighted by atomic mass is 10.1. The SMILES string of the molecule is CCCCn1c(N)c(N(C)C(=O)c2cccc(CN3C(=O)c4ccccc4C3=O)c2)c(=O)[nH]c1=O. The first-order valence-electron chi connectivity index (χ1n) is 11.2. The van der Waals surface area contributed by atoms with Crippen LogP contribution >= 0.6 is 0 Å². The number of nitrogens with zero attached hydrogens (tertiary/aromatic N) is 3. The number of aromatic nitrogens is 2. The van der Waals surface area contributed by atoms with Crippen molar-refractivity contribution in [2.24, 2.45) is 0 Å². The quantitative estimate of drug-likeness (QED) is 0.501. The molecular weight excluding hydrogens is 450 g/mol. The van der Waals surface area contributed by atoms with Crippen molar-refractivity contribution in [1.82, 2.24) is 14.5 Å². The van der Waals surface area contributed by atoms with Crippen LogP contribution in [0.25, 0.3) is 0 Å². The topological polar surface area (TPSA) is 139 Å². The third-order valence-corrected chi connectivity index (χ3v) is 5.98. The molecule has 4 rings (SSSR count). The van der Waals surface area contributed by atoms with Gasteiger partial charge in [0.25, 0.3) is 23.3 Å². The minimum absolute atomic E-state index is 0.0121. The maximum Gasteiger partial charge on any atom is 0.330 e. The van der Waals surface area contributed by atoms with Crippen LogP contribution in [0.3, 0.4) is 0 Å². The Bertz CT molecular complexity index is 1420. The lowest BCUT2D eigenvalue weighted by molar-refractivity contribution is 0.0642. The van der Waals surface area contributed by atoms with Crippen molar-refractivity contribution in [3.63, 3.8) is 0 Å². The molecule has 0 spiro atoms. The van der Waals surface area contributed by atoms with Gasteiger partial charge >= 0.3 is 5.69 Å². The van der Waals surface area contributed by atoms with Gasteiger partial charge in [-0.25, -0.2) is 4.79 Å². The van der Waals surface area contributed by atoms with Gasteiger partial charge in [0, 0.05) is 19.2 Å². The molecule has 0 unspecified atom stereocenters. The second kappa shape index (κ2) is 9.41. The molecule has 180 valence electrons. The predicted molar refractivity (Wildman–Crippen MR) is 130 cm³/mol. The van der Waals surface area contributed by atoms with Gasteiger partial charge < -0.3 is 10.6 Å². The Morgan fingerprint density at radius 2 is 1.66 bits per heavy atom. The molecule has 3 aromatic rings. The molecule has 2 aromatic carbocycles. The summed E-state index contributed by atoms with van der Waals surface area (Å²) >= 11 is 0. The Labute approximate surface area is 200 Å². The second-order valence-electron chi connectivity index (χ2n) is 8.30. The smallest absolute Gasteiger partial charge is 0.330 e. The van der Waals surface area contributed by atoms with Crippen molar-refractivity contribution >= 4 is 29.2 Å². The predicted octanol–water partition coefficient (Wildman–Crippen LogP) is 1.99. The van der Waals surface area contributed by atoms with Crippen molar-refractivity contribution in [2.75, 3.05) is 17.7 Å². The zero-order chi connectivity index (χ0) is 25.3. The number of rotatable bonds is 7. The van der Waals surface area contributed by atoms with Crippen LogP contribution in [0.4, 0.5) is 11.5 Å². The van der Waals surface area contributed by atoms with Crippen LogP contribution in [0, 0.1) is 0 Å². The largest absolute Gasteiger partial charge is 0.383 e. The molecule has 0 saturated carbocycles. The third-order valence-electron chi connectivity index (χ3n) is 5.98. The van der Waals surface area contributed by atoms with Gasteiger partial charge in [-0.1, -0.05) is 37.6 Å². The lowest BCUT2D eigenvalue weighted by Gasteiger charge is -2.21. The highest BCUT2D eigenvalue weighted by atomic mass is 16.2. The maximum absolute atomic E-state index is 13.2. The van der Waals surface area contributed by atoms with Crippen LogP contribution in [0.15, 0.2) is 58.1 Å². The van der Waals surface area contributed by atoms with Gasteiger partial charge in [-0.05, 0) is 36.2 Å². The van der Waals surface area contributed by atoms with Crippen LogP contribution in [0.2, 0.25) is 0 Å². The van der Waals surface area contributed by atoms with Crippen molar-refractivity contribution in [2.45, 2.75) is 32.9 Å². The van der Waals surface area contributed by atoms with Crippen LogP contribution in [0.1, 0.15) is 56.4 Å². The molecule has 1 aliphatic rings. The standard InChI is InChI=1S/C25H25N5O5/c1-3-4-12-29-20(26)19(21(31)27-25(29)35)28(2)22(32)16-9-7-8-15(13-16)14-30-23(33)17-10-5-6-11-18(17)24(30)34/h5-11,13H,3-4,12,14,26H2,1-2H3,(H,27,31,35). The van der Waals surface area contributed by atoms with Crippen molar-refractivity contribution < 1.29 is 14.4 Å². The molecule has 3 N–H and O–H groups in total. The molecule has 35 heavy (non-hydrogen) atoms. The average Bonchev–Trinajstić information content (AvgIpc) is 3.08. The first-order chi connectivity index (χ1) is 16.7. The molecule has 10 heteroatoms. The summed E-state index contributed by atoms with van der Waals surface area (Å²) in [4.78, 5) is 67.8. The number of unbranched alkanes of at least 4 members (excludes halogenated alkanes) is 1. The monoisotopic (exact) mass is 475 g/mol. The Morgan fingerprint density at radius 1 is 1.00 bits per heavy atom. The van der Waals surface area contributed by atoms with Gasteiger partial charge in [0.15, 0.2) is 5.69 Å². The van der Waals surface area contributed by atoms with E-state index in [0.29, 0.717) is 29.7 Å². The molecule has 1 aromatic heterocycles. The van der Waals surface area contributed by atoms with Crippen LogP contribution in [-0.2, 0) is 13.1 Å². The maximum atomic E-state index is 13.2. The number of hydrogen-bond acceptors (Lipinski definition) is 6. The molecule has 0 bridgehead atoms. The number of carbonyl (C=O) groups is 3. The number of H-pyrrole nitrogens is 1. The van der Waals surface area contributed by atoms with Gasteiger partial charge in [-0.2, -0.15) is 0 Å². The van der Waals surface area contributed by atoms with E-state index in [1.807, 2.05) is 6.92 Å². The fourth-order valence-electron chi connectivity index (χ4n) is 4.10. The first-order valence-corrected chi connectivity index (χ1v) is 11.2. The number of nitrogens with one attached hydrogen (secondary N) is 1. The number of anilines is 2. The summed E-state index contributed by atoms with van der Waals surface area (Å²) in [6.07, 6.45) is 1.49. The molecule has 3 amide bonds. The Morgan fingerprint density at radius 3 is 2.29 bits per heavy atom. The number of nitrogen functional groups attached to an aromatic ring is 1. The summed E-state index contributed by atoms with van der Waals surface area (Å²) in [6.45, 7) is 2.25. The number of imide groups is 1. The van der Waals surface area contributed by atoms with Gasteiger partial charge in [-0.3, -0.25) is 33.6 Å². The molecule has 10 nitrogen and oxygen atoms in total. The van der Waals surface area contributed by atoms with Crippen LogP contribution < -0.4 is 21.9 Å². The number of amides is 3. The Hall–Kier alpha value is -4.47. The summed E-state index contributed by atoms with van der Waals surface area (Å²) in [5.74, 6) is -1.42. The van der Waals surface area contributed by atoms with E-state index in [0.717, 1.165) is 16.2 Å². The van der Waals surface area contributed by atoms with Gasteiger partial charge in [-0.15, -0.1) is 0 Å². The molecule has 2 heterocycles. The second-order valence-corrected chi connectivity index (χ2v) is 8.30. The number of carbonyl (C=O) groups excluding carboxylic acids is 3. The summed E-state index contributed by atoms with van der Waals surface area (Å²) in [5, 5.41) is 0. The molecule has 0 aliphatic carbocycles. The van der Waals surface area contributed by atoms with E-state index in [-0.39, 0.29) is 23.6 Å². The fraction of sp³-hybridized carbons (Fsp3) is 0.240. The van der Waals surface area contributed by atoms with E-state index in [2.05, 4.69) is 4.98 Å². The molecule has 0 fully saturated rings. The highest BCUT2D eigenvalue weighted by Crippen LogP contribution is 2.25. The molecule has 1 aliphatic heterocycles. The fourth-order valence-corrected chi connectivity index (χ4v) is 4.10. The molecule has 0 atom stereocenters. The highest BCUT2D eigenvalue weighted by molar-refractivity contribution is 6.21. The summed E-state index contributed by atoms with van der Waals surface area (Å²) in [6, 6.07) is 13.0. The van der Waals surface area contributed by atoms with Crippen molar-refractivity contribution in [3.8, 4) is 0 Å². The summed E-state index contributed by atoms with van der Waals surface area (Å²) in [7, 11) is 1.40. The number of fused-ring (bicyclic) bond motifs is 1. The minimum Gasteiger partial charge on any atom is -0.383 e. The van der Waals surface area contributed by atoms with E-state index in [4.69, 9.17) is 5.73 Å². The first kappa shape index (κ1) is 23.7. The lowest BCUT2D eigenvalue weighted by Crippen LogP contribution is -2.39. The molecular formula is C25H25N5O5. The van der Waals surface area contributed by atoms with Gasteiger partial charge in [0.2, 0.25) is 0 Å².